The van der Waals surface area contributed by atoms with Gasteiger partial charge in [0.2, 0.25) is 0 Å². The van der Waals surface area contributed by atoms with Crippen molar-refractivity contribution in [2.75, 3.05) is 11.9 Å². The fourth-order valence-corrected chi connectivity index (χ4v) is 1.93. The molecule has 0 aliphatic rings. The van der Waals surface area contributed by atoms with Crippen molar-refractivity contribution in [1.29, 1.82) is 0 Å². The number of rotatable bonds is 6. The molecule has 0 radical (unpaired) electrons. The summed E-state index contributed by atoms with van der Waals surface area (Å²) in [5.74, 6) is 0.186. The minimum atomic E-state index is -0.501. The molecule has 2 aromatic carbocycles. The van der Waals surface area contributed by atoms with Crippen LogP contribution in [0, 0.1) is 17.0 Å². The van der Waals surface area contributed by atoms with E-state index in [9.17, 15) is 14.9 Å². The smallest absolute Gasteiger partial charge is 0.271 e. The standard InChI is InChI=1S/C17H16N2O4/c1-3-9-23-15-6-4-5-13(10-15)17(20)18-16-11-14(19(21)22)8-7-12(16)2/h3-8,10-11H,1,9H2,2H3,(H,18,20). The highest BCUT2D eigenvalue weighted by Crippen LogP contribution is 2.23. The van der Waals surface area contributed by atoms with Crippen molar-refractivity contribution >= 4 is 17.3 Å². The van der Waals surface area contributed by atoms with Crippen LogP contribution in [0.5, 0.6) is 5.75 Å². The fraction of sp³-hybridized carbons (Fsp3) is 0.118. The van der Waals surface area contributed by atoms with Crippen molar-refractivity contribution in [3.63, 3.8) is 0 Å². The summed E-state index contributed by atoms with van der Waals surface area (Å²) in [7, 11) is 0. The van der Waals surface area contributed by atoms with Crippen LogP contribution in [0.3, 0.4) is 0 Å². The summed E-state index contributed by atoms with van der Waals surface area (Å²) in [4.78, 5) is 22.6. The van der Waals surface area contributed by atoms with Gasteiger partial charge in [0.15, 0.2) is 0 Å². The van der Waals surface area contributed by atoms with Gasteiger partial charge >= 0.3 is 0 Å². The molecule has 0 aromatic heterocycles. The predicted molar refractivity (Wildman–Crippen MR) is 87.9 cm³/mol. The third-order valence-corrected chi connectivity index (χ3v) is 3.14. The first kappa shape index (κ1) is 16.2. The molecule has 0 aliphatic carbocycles. The molecule has 118 valence electrons. The largest absolute Gasteiger partial charge is 0.490 e. The number of amides is 1. The minimum Gasteiger partial charge on any atom is -0.490 e. The SMILES string of the molecule is C=CCOc1cccc(C(=O)Nc2cc([N+](=O)[O-])ccc2C)c1. The monoisotopic (exact) mass is 312 g/mol. The second-order valence-corrected chi connectivity index (χ2v) is 4.84. The van der Waals surface area contributed by atoms with Crippen LogP contribution in [0.25, 0.3) is 0 Å². The molecular formula is C17H16N2O4. The summed E-state index contributed by atoms with van der Waals surface area (Å²) in [6, 6.07) is 11.0. The van der Waals surface area contributed by atoms with Gasteiger partial charge < -0.3 is 10.1 Å². The number of hydrogen-bond donors (Lipinski definition) is 1. The van der Waals surface area contributed by atoms with E-state index < -0.39 is 4.92 Å². The Labute approximate surface area is 133 Å². The van der Waals surface area contributed by atoms with E-state index in [4.69, 9.17) is 4.74 Å². The van der Waals surface area contributed by atoms with Crippen LogP contribution in [-0.2, 0) is 0 Å². The molecule has 0 atom stereocenters. The van der Waals surface area contributed by atoms with E-state index in [1.165, 1.54) is 12.1 Å². The molecule has 0 fully saturated rings. The quantitative estimate of drug-likeness (QED) is 0.500. The first-order valence-corrected chi connectivity index (χ1v) is 6.91. The maximum absolute atomic E-state index is 12.3. The topological polar surface area (TPSA) is 81.5 Å². The Morgan fingerprint density at radius 1 is 1.35 bits per heavy atom. The third kappa shape index (κ3) is 4.16. The van der Waals surface area contributed by atoms with Crippen molar-refractivity contribution < 1.29 is 14.5 Å². The van der Waals surface area contributed by atoms with Gasteiger partial charge in [-0.15, -0.1) is 0 Å². The Balaban J connectivity index is 2.20. The molecule has 0 saturated heterocycles. The number of anilines is 1. The van der Waals surface area contributed by atoms with Gasteiger partial charge in [-0.25, -0.2) is 0 Å². The molecule has 2 rings (SSSR count). The van der Waals surface area contributed by atoms with E-state index >= 15 is 0 Å². The Hall–Kier alpha value is -3.15. The average Bonchev–Trinajstić information content (AvgIpc) is 2.55. The Bertz CT molecular complexity index is 756. The zero-order valence-electron chi connectivity index (χ0n) is 12.6. The van der Waals surface area contributed by atoms with Crippen LogP contribution in [-0.4, -0.2) is 17.4 Å². The lowest BCUT2D eigenvalue weighted by Gasteiger charge is -2.09. The van der Waals surface area contributed by atoms with Crippen LogP contribution >= 0.6 is 0 Å². The number of benzene rings is 2. The molecule has 0 spiro atoms. The van der Waals surface area contributed by atoms with Crippen molar-refractivity contribution in [1.82, 2.24) is 0 Å². The first-order chi connectivity index (χ1) is 11.0. The number of nitro benzene ring substituents is 1. The molecule has 0 unspecified atom stereocenters. The average molecular weight is 312 g/mol. The molecule has 0 heterocycles. The van der Waals surface area contributed by atoms with Crippen LogP contribution in [0.4, 0.5) is 11.4 Å². The molecule has 1 N–H and O–H groups in total. The summed E-state index contributed by atoms with van der Waals surface area (Å²) in [5.41, 5.74) is 1.47. The highest BCUT2D eigenvalue weighted by molar-refractivity contribution is 6.05. The van der Waals surface area contributed by atoms with Gasteiger partial charge in [0.1, 0.15) is 12.4 Å². The van der Waals surface area contributed by atoms with E-state index in [-0.39, 0.29) is 11.6 Å². The number of ether oxygens (including phenoxy) is 1. The van der Waals surface area contributed by atoms with Crippen molar-refractivity contribution in [2.24, 2.45) is 0 Å². The van der Waals surface area contributed by atoms with Crippen LogP contribution in [0.15, 0.2) is 55.1 Å². The summed E-state index contributed by atoms with van der Waals surface area (Å²) < 4.78 is 5.38. The van der Waals surface area contributed by atoms with E-state index in [1.807, 2.05) is 0 Å². The second kappa shape index (κ2) is 7.22. The zero-order valence-corrected chi connectivity index (χ0v) is 12.6. The zero-order chi connectivity index (χ0) is 16.8. The molecule has 0 saturated carbocycles. The fourth-order valence-electron chi connectivity index (χ4n) is 1.93. The highest BCUT2D eigenvalue weighted by atomic mass is 16.6. The Morgan fingerprint density at radius 3 is 2.83 bits per heavy atom. The number of nitro groups is 1. The van der Waals surface area contributed by atoms with Gasteiger partial charge in [-0.3, -0.25) is 14.9 Å². The number of nitrogens with one attached hydrogen (secondary N) is 1. The van der Waals surface area contributed by atoms with E-state index in [2.05, 4.69) is 11.9 Å². The predicted octanol–water partition coefficient (Wildman–Crippen LogP) is 3.72. The van der Waals surface area contributed by atoms with Gasteiger partial charge in [0, 0.05) is 17.7 Å². The summed E-state index contributed by atoms with van der Waals surface area (Å²) in [6.07, 6.45) is 1.61. The van der Waals surface area contributed by atoms with E-state index in [0.717, 1.165) is 5.56 Å². The van der Waals surface area contributed by atoms with Gasteiger partial charge in [0.05, 0.1) is 10.6 Å². The number of hydrogen-bond acceptors (Lipinski definition) is 4. The van der Waals surface area contributed by atoms with Crippen molar-refractivity contribution in [2.45, 2.75) is 6.92 Å². The lowest BCUT2D eigenvalue weighted by molar-refractivity contribution is -0.384. The lowest BCUT2D eigenvalue weighted by atomic mass is 10.1. The number of carbonyl (C=O) groups is 1. The van der Waals surface area contributed by atoms with E-state index in [0.29, 0.717) is 23.6 Å². The third-order valence-electron chi connectivity index (χ3n) is 3.14. The van der Waals surface area contributed by atoms with Crippen LogP contribution in [0.1, 0.15) is 15.9 Å². The molecule has 6 heteroatoms. The maximum atomic E-state index is 12.3. The molecule has 1 amide bonds. The van der Waals surface area contributed by atoms with Crippen molar-refractivity contribution in [3.8, 4) is 5.75 Å². The lowest BCUT2D eigenvalue weighted by Crippen LogP contribution is -2.13. The molecular weight excluding hydrogens is 296 g/mol. The molecule has 23 heavy (non-hydrogen) atoms. The summed E-state index contributed by atoms with van der Waals surface area (Å²) >= 11 is 0. The minimum absolute atomic E-state index is 0.0750. The van der Waals surface area contributed by atoms with Crippen LogP contribution in [0.2, 0.25) is 0 Å². The Morgan fingerprint density at radius 2 is 2.13 bits per heavy atom. The normalized spacial score (nSPS) is 9.96. The highest BCUT2D eigenvalue weighted by Gasteiger charge is 2.12. The van der Waals surface area contributed by atoms with Gasteiger partial charge in [-0.1, -0.05) is 24.8 Å². The van der Waals surface area contributed by atoms with Gasteiger partial charge in [-0.05, 0) is 30.7 Å². The van der Waals surface area contributed by atoms with E-state index in [1.54, 1.807) is 43.3 Å². The molecule has 6 nitrogen and oxygen atoms in total. The van der Waals surface area contributed by atoms with Gasteiger partial charge in [-0.2, -0.15) is 0 Å². The molecule has 0 bridgehead atoms. The number of carbonyl (C=O) groups excluding carboxylic acids is 1. The van der Waals surface area contributed by atoms with Crippen LogP contribution < -0.4 is 10.1 Å². The summed E-state index contributed by atoms with van der Waals surface area (Å²) in [6.45, 7) is 5.67. The second-order valence-electron chi connectivity index (χ2n) is 4.84. The van der Waals surface area contributed by atoms with Gasteiger partial charge in [0.25, 0.3) is 11.6 Å². The number of nitrogens with zero attached hydrogens (tertiary/aromatic N) is 1. The first-order valence-electron chi connectivity index (χ1n) is 6.91. The van der Waals surface area contributed by atoms with Crippen molar-refractivity contribution in [3.05, 3.63) is 76.4 Å². The maximum Gasteiger partial charge on any atom is 0.271 e. The molecule has 2 aromatic rings. The summed E-state index contributed by atoms with van der Waals surface area (Å²) in [5, 5.41) is 13.5. The Kier molecular flexibility index (Phi) is 5.09. The molecule has 0 aliphatic heterocycles. The number of aryl methyl sites for hydroxylation is 1. The number of non-ortho nitro benzene ring substituents is 1.